The summed E-state index contributed by atoms with van der Waals surface area (Å²) >= 11 is 4.53. The van der Waals surface area contributed by atoms with Crippen molar-refractivity contribution in [3.63, 3.8) is 0 Å². The topological polar surface area (TPSA) is 47.9 Å². The normalized spacial score (nSPS) is 10.1. The molecule has 0 aliphatic heterocycles. The molecular formula is C8H6BrN3OS. The van der Waals surface area contributed by atoms with E-state index in [1.165, 1.54) is 11.5 Å². The standard InChI is InChI=1S/C8H6BrN3OS/c1-5-11-8(14-12-5)13-7-2-6(9)3-10-4-7/h2-4H,1H3. The van der Waals surface area contributed by atoms with E-state index in [0.717, 1.165) is 4.47 Å². The summed E-state index contributed by atoms with van der Waals surface area (Å²) in [6.07, 6.45) is 3.32. The number of nitrogens with zero attached hydrogens (tertiary/aromatic N) is 3. The molecule has 0 amide bonds. The van der Waals surface area contributed by atoms with Crippen molar-refractivity contribution in [1.29, 1.82) is 0 Å². The molecule has 72 valence electrons. The number of rotatable bonds is 2. The van der Waals surface area contributed by atoms with Crippen LogP contribution in [0, 0.1) is 6.92 Å². The van der Waals surface area contributed by atoms with Crippen LogP contribution < -0.4 is 4.74 Å². The van der Waals surface area contributed by atoms with Gasteiger partial charge in [-0.3, -0.25) is 4.98 Å². The lowest BCUT2D eigenvalue weighted by Gasteiger charge is -1.99. The van der Waals surface area contributed by atoms with Crippen molar-refractivity contribution in [3.05, 3.63) is 28.8 Å². The molecule has 6 heteroatoms. The van der Waals surface area contributed by atoms with Crippen molar-refractivity contribution in [2.45, 2.75) is 6.92 Å². The molecule has 2 heterocycles. The monoisotopic (exact) mass is 271 g/mol. The maximum absolute atomic E-state index is 5.43. The minimum absolute atomic E-state index is 0.530. The number of hydrogen-bond acceptors (Lipinski definition) is 5. The summed E-state index contributed by atoms with van der Waals surface area (Å²) in [5.74, 6) is 1.36. The van der Waals surface area contributed by atoms with Crippen molar-refractivity contribution < 1.29 is 4.74 Å². The van der Waals surface area contributed by atoms with Gasteiger partial charge in [0, 0.05) is 22.2 Å². The zero-order chi connectivity index (χ0) is 9.97. The molecule has 0 aromatic carbocycles. The fraction of sp³-hybridized carbons (Fsp3) is 0.125. The summed E-state index contributed by atoms with van der Waals surface area (Å²) in [6, 6.07) is 1.82. The summed E-state index contributed by atoms with van der Waals surface area (Å²) in [4.78, 5) is 8.05. The van der Waals surface area contributed by atoms with Crippen LogP contribution in [0.3, 0.4) is 0 Å². The van der Waals surface area contributed by atoms with Gasteiger partial charge in [0.25, 0.3) is 5.19 Å². The zero-order valence-electron chi connectivity index (χ0n) is 7.27. The van der Waals surface area contributed by atoms with Crippen LogP contribution in [-0.2, 0) is 0 Å². The Kier molecular flexibility index (Phi) is 2.74. The van der Waals surface area contributed by atoms with Gasteiger partial charge in [0.05, 0.1) is 6.20 Å². The molecule has 2 rings (SSSR count). The lowest BCUT2D eigenvalue weighted by atomic mass is 10.5. The molecule has 0 saturated carbocycles. The van der Waals surface area contributed by atoms with Gasteiger partial charge in [0.2, 0.25) is 0 Å². The van der Waals surface area contributed by atoms with Crippen LogP contribution in [0.15, 0.2) is 22.9 Å². The summed E-state index contributed by atoms with van der Waals surface area (Å²) in [5, 5.41) is 0.530. The highest BCUT2D eigenvalue weighted by molar-refractivity contribution is 9.10. The summed E-state index contributed by atoms with van der Waals surface area (Å²) < 4.78 is 10.3. The van der Waals surface area contributed by atoms with E-state index in [1.807, 2.05) is 13.0 Å². The van der Waals surface area contributed by atoms with Crippen molar-refractivity contribution in [2.24, 2.45) is 0 Å². The van der Waals surface area contributed by atoms with Gasteiger partial charge in [-0.1, -0.05) is 0 Å². The van der Waals surface area contributed by atoms with Crippen molar-refractivity contribution >= 4 is 27.5 Å². The second kappa shape index (κ2) is 4.02. The van der Waals surface area contributed by atoms with Crippen LogP contribution in [0.4, 0.5) is 0 Å². The first kappa shape index (κ1) is 9.54. The predicted molar refractivity (Wildman–Crippen MR) is 56.7 cm³/mol. The van der Waals surface area contributed by atoms with Gasteiger partial charge in [-0.15, -0.1) is 0 Å². The van der Waals surface area contributed by atoms with Gasteiger partial charge in [-0.05, 0) is 28.9 Å². The minimum atomic E-state index is 0.530. The van der Waals surface area contributed by atoms with Gasteiger partial charge >= 0.3 is 0 Å². The van der Waals surface area contributed by atoms with Crippen LogP contribution in [0.5, 0.6) is 10.9 Å². The number of pyridine rings is 1. The third-order valence-corrected chi connectivity index (χ3v) is 2.51. The average molecular weight is 272 g/mol. The smallest absolute Gasteiger partial charge is 0.298 e. The number of ether oxygens (including phenoxy) is 1. The van der Waals surface area contributed by atoms with E-state index in [4.69, 9.17) is 4.74 Å². The quantitative estimate of drug-likeness (QED) is 0.843. The van der Waals surface area contributed by atoms with Crippen molar-refractivity contribution in [1.82, 2.24) is 14.3 Å². The molecule has 0 fully saturated rings. The fourth-order valence-corrected chi connectivity index (χ4v) is 1.77. The molecule has 14 heavy (non-hydrogen) atoms. The van der Waals surface area contributed by atoms with Gasteiger partial charge in [0.15, 0.2) is 0 Å². The number of halogens is 1. The van der Waals surface area contributed by atoms with Gasteiger partial charge in [-0.25, -0.2) is 0 Å². The predicted octanol–water partition coefficient (Wildman–Crippen LogP) is 2.80. The molecule has 0 bridgehead atoms. The highest BCUT2D eigenvalue weighted by Crippen LogP contribution is 2.24. The van der Waals surface area contributed by atoms with E-state index in [-0.39, 0.29) is 0 Å². The first-order valence-electron chi connectivity index (χ1n) is 3.83. The first-order chi connectivity index (χ1) is 6.74. The van der Waals surface area contributed by atoms with Crippen LogP contribution in [0.25, 0.3) is 0 Å². The average Bonchev–Trinajstić information content (AvgIpc) is 2.51. The Labute approximate surface area is 93.3 Å². The minimum Gasteiger partial charge on any atom is -0.428 e. The molecule has 0 atom stereocenters. The second-order valence-corrected chi connectivity index (χ2v) is 4.18. The number of aryl methyl sites for hydroxylation is 1. The Bertz CT molecular complexity index is 446. The van der Waals surface area contributed by atoms with Crippen molar-refractivity contribution in [3.8, 4) is 10.9 Å². The maximum Gasteiger partial charge on any atom is 0.298 e. The van der Waals surface area contributed by atoms with Crippen LogP contribution >= 0.6 is 27.5 Å². The molecule has 0 aliphatic rings. The Balaban J connectivity index is 2.18. The van der Waals surface area contributed by atoms with Gasteiger partial charge in [-0.2, -0.15) is 9.36 Å². The second-order valence-electron chi connectivity index (χ2n) is 2.55. The molecule has 0 saturated heterocycles. The van der Waals surface area contributed by atoms with Gasteiger partial charge < -0.3 is 4.74 Å². The Morgan fingerprint density at radius 2 is 2.29 bits per heavy atom. The van der Waals surface area contributed by atoms with E-state index in [2.05, 4.69) is 30.3 Å². The Morgan fingerprint density at radius 3 is 2.93 bits per heavy atom. The highest BCUT2D eigenvalue weighted by Gasteiger charge is 2.03. The molecular weight excluding hydrogens is 266 g/mol. The summed E-state index contributed by atoms with van der Waals surface area (Å²) in [7, 11) is 0. The molecule has 0 radical (unpaired) electrons. The van der Waals surface area contributed by atoms with Gasteiger partial charge in [0.1, 0.15) is 11.6 Å². The molecule has 2 aromatic heterocycles. The molecule has 0 unspecified atom stereocenters. The third-order valence-electron chi connectivity index (χ3n) is 1.39. The molecule has 4 nitrogen and oxygen atoms in total. The molecule has 0 spiro atoms. The van der Waals surface area contributed by atoms with E-state index in [1.54, 1.807) is 12.4 Å². The Hall–Kier alpha value is -1.01. The maximum atomic E-state index is 5.43. The number of hydrogen-bond donors (Lipinski definition) is 0. The zero-order valence-corrected chi connectivity index (χ0v) is 9.67. The van der Waals surface area contributed by atoms with Crippen LogP contribution in [-0.4, -0.2) is 14.3 Å². The van der Waals surface area contributed by atoms with E-state index < -0.39 is 0 Å². The van der Waals surface area contributed by atoms with Crippen LogP contribution in [0.1, 0.15) is 5.82 Å². The van der Waals surface area contributed by atoms with E-state index >= 15 is 0 Å². The Morgan fingerprint density at radius 1 is 1.43 bits per heavy atom. The molecule has 0 aliphatic carbocycles. The number of aromatic nitrogens is 3. The lowest BCUT2D eigenvalue weighted by Crippen LogP contribution is -1.84. The van der Waals surface area contributed by atoms with E-state index in [0.29, 0.717) is 16.8 Å². The summed E-state index contributed by atoms with van der Waals surface area (Å²) in [6.45, 7) is 1.82. The lowest BCUT2D eigenvalue weighted by molar-refractivity contribution is 0.475. The van der Waals surface area contributed by atoms with Crippen molar-refractivity contribution in [2.75, 3.05) is 0 Å². The third kappa shape index (κ3) is 2.27. The fourth-order valence-electron chi connectivity index (χ4n) is 0.868. The highest BCUT2D eigenvalue weighted by atomic mass is 79.9. The van der Waals surface area contributed by atoms with E-state index in [9.17, 15) is 0 Å². The van der Waals surface area contributed by atoms with Crippen LogP contribution in [0.2, 0.25) is 0 Å². The largest absolute Gasteiger partial charge is 0.428 e. The molecule has 0 N–H and O–H groups in total. The SMILES string of the molecule is Cc1nsc(Oc2cncc(Br)c2)n1. The first-order valence-corrected chi connectivity index (χ1v) is 5.39. The summed E-state index contributed by atoms with van der Waals surface area (Å²) in [5.41, 5.74) is 0. The molecule has 2 aromatic rings.